The highest BCUT2D eigenvalue weighted by atomic mass is 16.5. The zero-order valence-corrected chi connectivity index (χ0v) is 17.2. The number of hydrogen-bond donors (Lipinski definition) is 2. The molecule has 0 saturated carbocycles. The van der Waals surface area contributed by atoms with Gasteiger partial charge in [-0.2, -0.15) is 0 Å². The third-order valence-electron chi connectivity index (χ3n) is 5.31. The van der Waals surface area contributed by atoms with Crippen LogP contribution < -0.4 is 19.9 Å². The van der Waals surface area contributed by atoms with E-state index in [2.05, 4.69) is 17.1 Å². The summed E-state index contributed by atoms with van der Waals surface area (Å²) >= 11 is 0. The van der Waals surface area contributed by atoms with E-state index >= 15 is 0 Å². The summed E-state index contributed by atoms with van der Waals surface area (Å²) in [5.74, 6) is -0.0847. The molecule has 0 aliphatic carbocycles. The van der Waals surface area contributed by atoms with Crippen LogP contribution in [0.1, 0.15) is 27.6 Å². The van der Waals surface area contributed by atoms with Gasteiger partial charge in [-0.3, -0.25) is 4.79 Å². The van der Waals surface area contributed by atoms with E-state index in [0.29, 0.717) is 22.6 Å². The molecule has 0 aromatic heterocycles. The molecule has 0 radical (unpaired) electrons. The van der Waals surface area contributed by atoms with Crippen LogP contribution in [0.3, 0.4) is 0 Å². The summed E-state index contributed by atoms with van der Waals surface area (Å²) in [6, 6.07) is 12.3. The van der Waals surface area contributed by atoms with E-state index in [0.717, 1.165) is 38.4 Å². The Balaban J connectivity index is 1.89. The number of hydrogen-bond acceptors (Lipinski definition) is 5. The minimum absolute atomic E-state index is 0.259. The van der Waals surface area contributed by atoms with Gasteiger partial charge in [-0.05, 0) is 43.3 Å². The lowest BCUT2D eigenvalue weighted by atomic mass is 10.1. The van der Waals surface area contributed by atoms with Crippen LogP contribution in [0.15, 0.2) is 42.5 Å². The molecule has 154 valence electrons. The van der Waals surface area contributed by atoms with Gasteiger partial charge in [0.2, 0.25) is 0 Å². The number of carbonyl (C=O) groups excluding carboxylic acids is 2. The molecule has 2 aromatic carbocycles. The summed E-state index contributed by atoms with van der Waals surface area (Å²) in [5.41, 5.74) is 2.39. The van der Waals surface area contributed by atoms with Gasteiger partial charge in [0.25, 0.3) is 5.91 Å². The number of esters is 1. The molecule has 1 heterocycles. The van der Waals surface area contributed by atoms with Crippen molar-refractivity contribution in [3.63, 3.8) is 0 Å². The van der Waals surface area contributed by atoms with Crippen LogP contribution in [-0.2, 0) is 4.74 Å². The van der Waals surface area contributed by atoms with Crippen molar-refractivity contribution < 1.29 is 24.0 Å². The number of carbonyl (C=O) groups is 2. The van der Waals surface area contributed by atoms with Crippen LogP contribution in [0.25, 0.3) is 0 Å². The second-order valence-corrected chi connectivity index (χ2v) is 7.00. The number of amides is 1. The molecular formula is C22H28N3O4+. The van der Waals surface area contributed by atoms with Gasteiger partial charge in [-0.1, -0.05) is 6.07 Å². The maximum atomic E-state index is 12.9. The molecule has 2 N–H and O–H groups in total. The number of methoxy groups -OCH3 is 2. The van der Waals surface area contributed by atoms with Crippen molar-refractivity contribution in [2.45, 2.75) is 6.92 Å². The van der Waals surface area contributed by atoms with Crippen molar-refractivity contribution in [3.8, 4) is 5.75 Å². The van der Waals surface area contributed by atoms with Crippen molar-refractivity contribution >= 4 is 23.3 Å². The SMILES string of the molecule is CC[NH+]1CCN(c2ccc(C(=O)OC)cc2NC(=O)c2cccc(OC)c2)CC1. The quantitative estimate of drug-likeness (QED) is 0.721. The minimum atomic E-state index is -0.436. The Morgan fingerprint density at radius 1 is 1.07 bits per heavy atom. The first-order valence-electron chi connectivity index (χ1n) is 9.82. The largest absolute Gasteiger partial charge is 0.497 e. The number of nitrogens with one attached hydrogen (secondary N) is 2. The van der Waals surface area contributed by atoms with Gasteiger partial charge in [-0.15, -0.1) is 0 Å². The Morgan fingerprint density at radius 2 is 1.83 bits per heavy atom. The predicted molar refractivity (Wildman–Crippen MR) is 112 cm³/mol. The molecule has 7 nitrogen and oxygen atoms in total. The Kier molecular flexibility index (Phi) is 6.72. The fraction of sp³-hybridized carbons (Fsp3) is 0.364. The van der Waals surface area contributed by atoms with Crippen LogP contribution in [0.2, 0.25) is 0 Å². The summed E-state index contributed by atoms with van der Waals surface area (Å²) in [4.78, 5) is 28.7. The van der Waals surface area contributed by atoms with E-state index in [1.807, 2.05) is 6.07 Å². The number of likely N-dealkylation sites (N-methyl/N-ethyl adjacent to an activating group) is 1. The van der Waals surface area contributed by atoms with Crippen molar-refractivity contribution in [1.29, 1.82) is 0 Å². The highest BCUT2D eigenvalue weighted by molar-refractivity contribution is 6.07. The molecule has 0 unspecified atom stereocenters. The topological polar surface area (TPSA) is 72.3 Å². The molecular weight excluding hydrogens is 370 g/mol. The van der Waals surface area contributed by atoms with Gasteiger partial charge < -0.3 is 24.6 Å². The smallest absolute Gasteiger partial charge is 0.337 e. The Hall–Kier alpha value is -3.06. The maximum absolute atomic E-state index is 12.9. The highest BCUT2D eigenvalue weighted by Gasteiger charge is 2.22. The van der Waals surface area contributed by atoms with Crippen molar-refractivity contribution in [2.75, 3.05) is 57.2 Å². The number of anilines is 2. The summed E-state index contributed by atoms with van der Waals surface area (Å²) in [6.07, 6.45) is 0. The lowest BCUT2D eigenvalue weighted by Crippen LogP contribution is -3.14. The monoisotopic (exact) mass is 398 g/mol. The minimum Gasteiger partial charge on any atom is -0.497 e. The standard InChI is InChI=1S/C22H27N3O4/c1-4-24-10-12-25(13-11-24)20-9-8-17(22(27)29-3)15-19(20)23-21(26)16-6-5-7-18(14-16)28-2/h5-9,14-15H,4,10-13H2,1-3H3,(H,23,26)/p+1. The lowest BCUT2D eigenvalue weighted by molar-refractivity contribution is -0.898. The molecule has 2 aromatic rings. The van der Waals surface area contributed by atoms with E-state index in [1.165, 1.54) is 7.11 Å². The van der Waals surface area contributed by atoms with Gasteiger partial charge in [0.1, 0.15) is 5.75 Å². The zero-order valence-electron chi connectivity index (χ0n) is 17.2. The molecule has 0 spiro atoms. The first-order chi connectivity index (χ1) is 14.0. The number of benzene rings is 2. The third-order valence-corrected chi connectivity index (χ3v) is 5.31. The van der Waals surface area contributed by atoms with E-state index in [4.69, 9.17) is 9.47 Å². The van der Waals surface area contributed by atoms with Crippen LogP contribution in [-0.4, -0.2) is 58.8 Å². The molecule has 1 amide bonds. The first kappa shape index (κ1) is 20.7. The summed E-state index contributed by atoms with van der Waals surface area (Å²) in [6.45, 7) is 7.16. The van der Waals surface area contributed by atoms with Crippen LogP contribution in [0.5, 0.6) is 5.75 Å². The number of quaternary nitrogens is 1. The summed E-state index contributed by atoms with van der Waals surface area (Å²) in [5, 5.41) is 2.97. The van der Waals surface area contributed by atoms with Crippen LogP contribution in [0.4, 0.5) is 11.4 Å². The fourth-order valence-electron chi connectivity index (χ4n) is 3.53. The molecule has 1 aliphatic heterocycles. The Labute approximate surface area is 171 Å². The maximum Gasteiger partial charge on any atom is 0.337 e. The molecule has 1 fully saturated rings. The summed E-state index contributed by atoms with van der Waals surface area (Å²) in [7, 11) is 2.91. The van der Waals surface area contributed by atoms with Crippen LogP contribution >= 0.6 is 0 Å². The number of nitrogens with zero attached hydrogens (tertiary/aromatic N) is 1. The van der Waals surface area contributed by atoms with Gasteiger partial charge in [0.05, 0.1) is 63.9 Å². The zero-order chi connectivity index (χ0) is 20.8. The second-order valence-electron chi connectivity index (χ2n) is 7.00. The molecule has 0 atom stereocenters. The van der Waals surface area contributed by atoms with E-state index in [9.17, 15) is 9.59 Å². The van der Waals surface area contributed by atoms with E-state index in [-0.39, 0.29) is 5.91 Å². The third kappa shape index (κ3) is 4.86. The Bertz CT molecular complexity index is 876. The molecule has 29 heavy (non-hydrogen) atoms. The normalized spacial score (nSPS) is 14.4. The van der Waals surface area contributed by atoms with Crippen molar-refractivity contribution in [3.05, 3.63) is 53.6 Å². The van der Waals surface area contributed by atoms with Gasteiger partial charge in [-0.25, -0.2) is 4.79 Å². The molecule has 0 bridgehead atoms. The first-order valence-corrected chi connectivity index (χ1v) is 9.82. The Morgan fingerprint density at radius 3 is 2.48 bits per heavy atom. The lowest BCUT2D eigenvalue weighted by Gasteiger charge is -2.34. The molecule has 1 aliphatic rings. The van der Waals surface area contributed by atoms with Gasteiger partial charge in [0, 0.05) is 5.56 Å². The number of rotatable bonds is 6. The van der Waals surface area contributed by atoms with Crippen molar-refractivity contribution in [2.24, 2.45) is 0 Å². The second kappa shape index (κ2) is 9.43. The van der Waals surface area contributed by atoms with Gasteiger partial charge in [0.15, 0.2) is 0 Å². The van der Waals surface area contributed by atoms with Gasteiger partial charge >= 0.3 is 5.97 Å². The molecule has 3 rings (SSSR count). The van der Waals surface area contributed by atoms with Crippen LogP contribution in [0, 0.1) is 0 Å². The summed E-state index contributed by atoms with van der Waals surface area (Å²) < 4.78 is 10.0. The average molecular weight is 398 g/mol. The average Bonchev–Trinajstić information content (AvgIpc) is 2.78. The van der Waals surface area contributed by atoms with Crippen molar-refractivity contribution in [1.82, 2.24) is 0 Å². The molecule has 7 heteroatoms. The highest BCUT2D eigenvalue weighted by Crippen LogP contribution is 2.28. The number of piperazine rings is 1. The number of ether oxygens (including phenoxy) is 2. The van der Waals surface area contributed by atoms with E-state index < -0.39 is 5.97 Å². The van der Waals surface area contributed by atoms with E-state index in [1.54, 1.807) is 48.4 Å². The molecule has 1 saturated heterocycles. The fourth-order valence-corrected chi connectivity index (χ4v) is 3.53. The predicted octanol–water partition coefficient (Wildman–Crippen LogP) is 1.46.